The minimum Gasteiger partial charge on any atom is -0.477 e. The Hall–Kier alpha value is -0.840. The first-order valence-electron chi connectivity index (χ1n) is 2.28. The molecule has 1 N–H and O–H groups in total. The Balaban J connectivity index is 3.23. The fourth-order valence-electron chi connectivity index (χ4n) is 0.501. The minimum absolute atomic E-state index is 0.0995. The number of rotatable bonds is 1. The molecule has 5 heteroatoms. The van der Waals surface area contributed by atoms with Gasteiger partial charge in [0, 0.05) is 0 Å². The predicted molar refractivity (Wildman–Crippen MR) is 33.3 cm³/mol. The Bertz CT molecular complexity index is 248. The molecule has 3 nitrogen and oxygen atoms in total. The Kier molecular flexibility index (Phi) is 1.76. The number of aromatic carboxylic acids is 1. The summed E-state index contributed by atoms with van der Waals surface area (Å²) in [6.07, 6.45) is 0.730. The van der Waals surface area contributed by atoms with Crippen molar-refractivity contribution in [3.8, 4) is 0 Å². The van der Waals surface area contributed by atoms with Gasteiger partial charge >= 0.3 is 5.97 Å². The van der Waals surface area contributed by atoms with E-state index >= 15 is 0 Å². The summed E-state index contributed by atoms with van der Waals surface area (Å²) < 4.78 is 16.7. The lowest BCUT2D eigenvalue weighted by Gasteiger charge is -1.85. The van der Waals surface area contributed by atoms with Crippen LogP contribution in [0.4, 0.5) is 4.39 Å². The standard InChI is InChI=1S/C5H2BrFO3/c6-4-3(5(8)9)2(7)1-10-4/h1H,(H,8,9). The Morgan fingerprint density at radius 3 is 2.60 bits per heavy atom. The van der Waals surface area contributed by atoms with Crippen molar-refractivity contribution in [2.45, 2.75) is 0 Å². The zero-order chi connectivity index (χ0) is 7.72. The molecule has 0 amide bonds. The molecule has 0 saturated carbocycles. The van der Waals surface area contributed by atoms with E-state index in [1.807, 2.05) is 0 Å². The largest absolute Gasteiger partial charge is 0.477 e. The van der Waals surface area contributed by atoms with Gasteiger partial charge < -0.3 is 9.52 Å². The third kappa shape index (κ3) is 1.04. The molecule has 10 heavy (non-hydrogen) atoms. The highest BCUT2D eigenvalue weighted by Crippen LogP contribution is 2.20. The number of hydrogen-bond acceptors (Lipinski definition) is 2. The van der Waals surface area contributed by atoms with Gasteiger partial charge in [-0.3, -0.25) is 0 Å². The van der Waals surface area contributed by atoms with E-state index in [9.17, 15) is 9.18 Å². The van der Waals surface area contributed by atoms with Crippen molar-refractivity contribution in [3.05, 3.63) is 22.3 Å². The number of carboxylic acid groups (broad SMARTS) is 1. The van der Waals surface area contributed by atoms with E-state index in [1.54, 1.807) is 0 Å². The van der Waals surface area contributed by atoms with Crippen LogP contribution in [0.15, 0.2) is 15.3 Å². The molecular weight excluding hydrogens is 207 g/mol. The zero-order valence-electron chi connectivity index (χ0n) is 4.60. The molecule has 0 saturated heterocycles. The van der Waals surface area contributed by atoms with Crippen LogP contribution < -0.4 is 0 Å². The van der Waals surface area contributed by atoms with Gasteiger partial charge in [-0.15, -0.1) is 0 Å². The van der Waals surface area contributed by atoms with E-state index in [4.69, 9.17) is 5.11 Å². The summed E-state index contributed by atoms with van der Waals surface area (Å²) in [5, 5.41) is 8.31. The van der Waals surface area contributed by atoms with Crippen LogP contribution in [-0.4, -0.2) is 11.1 Å². The number of halogens is 2. The van der Waals surface area contributed by atoms with Gasteiger partial charge in [0.25, 0.3) is 0 Å². The highest BCUT2D eigenvalue weighted by molar-refractivity contribution is 9.10. The van der Waals surface area contributed by atoms with Crippen LogP contribution in [0.25, 0.3) is 0 Å². The third-order valence-corrected chi connectivity index (χ3v) is 1.50. The maximum Gasteiger partial charge on any atom is 0.343 e. The number of hydrogen-bond donors (Lipinski definition) is 1. The van der Waals surface area contributed by atoms with Gasteiger partial charge in [0.15, 0.2) is 10.5 Å². The summed E-state index contributed by atoms with van der Waals surface area (Å²) in [4.78, 5) is 10.2. The van der Waals surface area contributed by atoms with E-state index in [0.717, 1.165) is 6.26 Å². The third-order valence-electron chi connectivity index (χ3n) is 0.915. The van der Waals surface area contributed by atoms with Crippen molar-refractivity contribution in [3.63, 3.8) is 0 Å². The summed E-state index contributed by atoms with van der Waals surface area (Å²) >= 11 is 2.73. The van der Waals surface area contributed by atoms with Crippen LogP contribution in [0.1, 0.15) is 10.4 Å². The van der Waals surface area contributed by atoms with E-state index in [0.29, 0.717) is 0 Å². The van der Waals surface area contributed by atoms with Crippen LogP contribution in [-0.2, 0) is 0 Å². The van der Waals surface area contributed by atoms with Gasteiger partial charge in [0.2, 0.25) is 0 Å². The molecule has 0 aliphatic carbocycles. The molecule has 1 aromatic heterocycles. The molecule has 1 heterocycles. The summed E-state index contributed by atoms with van der Waals surface area (Å²) in [7, 11) is 0. The lowest BCUT2D eigenvalue weighted by atomic mass is 10.3. The van der Waals surface area contributed by atoms with Gasteiger partial charge in [0.05, 0.1) is 0 Å². The molecule has 1 aromatic rings. The van der Waals surface area contributed by atoms with Gasteiger partial charge in [-0.05, 0) is 15.9 Å². The first kappa shape index (κ1) is 7.27. The normalized spacial score (nSPS) is 9.80. The van der Waals surface area contributed by atoms with Crippen molar-refractivity contribution >= 4 is 21.9 Å². The zero-order valence-corrected chi connectivity index (χ0v) is 6.18. The van der Waals surface area contributed by atoms with Gasteiger partial charge in [0.1, 0.15) is 11.8 Å². The summed E-state index contributed by atoms with van der Waals surface area (Å²) in [5.74, 6) is -2.22. The van der Waals surface area contributed by atoms with Crippen molar-refractivity contribution in [1.82, 2.24) is 0 Å². The predicted octanol–water partition coefficient (Wildman–Crippen LogP) is 1.88. The van der Waals surface area contributed by atoms with Crippen molar-refractivity contribution in [2.75, 3.05) is 0 Å². The van der Waals surface area contributed by atoms with Crippen LogP contribution in [0.5, 0.6) is 0 Å². The second-order valence-electron chi connectivity index (χ2n) is 1.54. The SMILES string of the molecule is O=C(O)c1c(F)coc1Br. The second kappa shape index (κ2) is 2.42. The molecule has 0 radical (unpaired) electrons. The van der Waals surface area contributed by atoms with E-state index in [2.05, 4.69) is 20.3 Å². The maximum absolute atomic E-state index is 12.4. The molecule has 0 unspecified atom stereocenters. The first-order valence-corrected chi connectivity index (χ1v) is 3.08. The molecule has 54 valence electrons. The van der Waals surface area contributed by atoms with Crippen molar-refractivity contribution in [2.24, 2.45) is 0 Å². The Morgan fingerprint density at radius 2 is 2.40 bits per heavy atom. The molecule has 1 rings (SSSR count). The van der Waals surface area contributed by atoms with Crippen LogP contribution in [0.3, 0.4) is 0 Å². The van der Waals surface area contributed by atoms with Gasteiger partial charge in [-0.1, -0.05) is 0 Å². The molecular formula is C5H2BrFO3. The number of furan rings is 1. The van der Waals surface area contributed by atoms with E-state index in [1.165, 1.54) is 0 Å². The van der Waals surface area contributed by atoms with Crippen molar-refractivity contribution < 1.29 is 18.7 Å². The smallest absolute Gasteiger partial charge is 0.343 e. The maximum atomic E-state index is 12.4. The van der Waals surface area contributed by atoms with Gasteiger partial charge in [-0.2, -0.15) is 0 Å². The van der Waals surface area contributed by atoms with Crippen LogP contribution in [0.2, 0.25) is 0 Å². The lowest BCUT2D eigenvalue weighted by molar-refractivity contribution is 0.0690. The van der Waals surface area contributed by atoms with Crippen molar-refractivity contribution in [1.29, 1.82) is 0 Å². The highest BCUT2D eigenvalue weighted by Gasteiger charge is 2.17. The van der Waals surface area contributed by atoms with E-state index < -0.39 is 17.3 Å². The van der Waals surface area contributed by atoms with Crippen LogP contribution >= 0.6 is 15.9 Å². The fraction of sp³-hybridized carbons (Fsp3) is 0. The molecule has 0 atom stereocenters. The number of carbonyl (C=O) groups is 1. The first-order chi connectivity index (χ1) is 4.63. The monoisotopic (exact) mass is 208 g/mol. The summed E-state index contributed by atoms with van der Waals surface area (Å²) in [5.41, 5.74) is -0.472. The summed E-state index contributed by atoms with van der Waals surface area (Å²) in [6.45, 7) is 0. The van der Waals surface area contributed by atoms with Crippen LogP contribution in [0, 0.1) is 5.82 Å². The molecule has 0 fully saturated rings. The molecule has 0 aromatic carbocycles. The average molecular weight is 209 g/mol. The fourth-order valence-corrected chi connectivity index (χ4v) is 0.954. The van der Waals surface area contributed by atoms with Gasteiger partial charge in [-0.25, -0.2) is 9.18 Å². The molecule has 0 bridgehead atoms. The summed E-state index contributed by atoms with van der Waals surface area (Å²) in [6, 6.07) is 0. The molecule has 0 aliphatic heterocycles. The number of carboxylic acids is 1. The highest BCUT2D eigenvalue weighted by atomic mass is 79.9. The Morgan fingerprint density at radius 1 is 1.80 bits per heavy atom. The second-order valence-corrected chi connectivity index (χ2v) is 2.26. The molecule has 0 aliphatic rings. The lowest BCUT2D eigenvalue weighted by Crippen LogP contribution is -1.97. The topological polar surface area (TPSA) is 50.4 Å². The quantitative estimate of drug-likeness (QED) is 0.767. The average Bonchev–Trinajstić information content (AvgIpc) is 2.11. The Labute approximate surface area is 63.6 Å². The minimum atomic E-state index is -1.35. The molecule has 0 spiro atoms. The van der Waals surface area contributed by atoms with E-state index in [-0.39, 0.29) is 4.67 Å².